The third kappa shape index (κ3) is 2.66. The van der Waals surface area contributed by atoms with Crippen molar-refractivity contribution in [2.45, 2.75) is 35.1 Å². The minimum absolute atomic E-state index is 0.0568. The summed E-state index contributed by atoms with van der Waals surface area (Å²) in [6.45, 7) is -0.194. The summed E-state index contributed by atoms with van der Waals surface area (Å²) in [5.74, 6) is -2.93. The molecule has 0 saturated heterocycles. The van der Waals surface area contributed by atoms with Crippen molar-refractivity contribution in [2.75, 3.05) is 6.61 Å². The molecule has 1 heterocycles. The maximum absolute atomic E-state index is 14.8. The first-order chi connectivity index (χ1) is 12.8. The summed E-state index contributed by atoms with van der Waals surface area (Å²) in [7, 11) is -4.19. The molecule has 4 rings (SSSR count). The highest BCUT2D eigenvalue weighted by atomic mass is 35.5. The molecule has 3 nitrogen and oxygen atoms in total. The minimum atomic E-state index is -4.19. The van der Waals surface area contributed by atoms with Gasteiger partial charge in [-0.1, -0.05) is 11.6 Å². The molecule has 1 aliphatic carbocycles. The van der Waals surface area contributed by atoms with Crippen molar-refractivity contribution in [1.29, 1.82) is 0 Å². The Morgan fingerprint density at radius 1 is 1.07 bits per heavy atom. The van der Waals surface area contributed by atoms with E-state index in [4.69, 9.17) is 16.3 Å². The highest BCUT2D eigenvalue weighted by Crippen LogP contribution is 2.56. The Morgan fingerprint density at radius 3 is 2.44 bits per heavy atom. The van der Waals surface area contributed by atoms with Gasteiger partial charge in [-0.05, 0) is 55.7 Å². The van der Waals surface area contributed by atoms with Gasteiger partial charge in [-0.3, -0.25) is 0 Å². The molecule has 27 heavy (non-hydrogen) atoms. The van der Waals surface area contributed by atoms with Crippen LogP contribution in [0, 0.1) is 17.6 Å². The molecule has 0 unspecified atom stereocenters. The Bertz CT molecular complexity index is 994. The van der Waals surface area contributed by atoms with Crippen LogP contribution in [0.4, 0.5) is 13.2 Å². The van der Waals surface area contributed by atoms with Gasteiger partial charge in [-0.2, -0.15) is 0 Å². The van der Waals surface area contributed by atoms with Crippen LogP contribution >= 0.6 is 11.6 Å². The van der Waals surface area contributed by atoms with Gasteiger partial charge < -0.3 is 4.74 Å². The molecule has 1 fully saturated rings. The monoisotopic (exact) mass is 416 g/mol. The van der Waals surface area contributed by atoms with E-state index in [2.05, 4.69) is 0 Å². The van der Waals surface area contributed by atoms with Crippen molar-refractivity contribution in [3.05, 3.63) is 58.6 Å². The van der Waals surface area contributed by atoms with Crippen LogP contribution in [-0.2, 0) is 14.6 Å². The number of halogens is 4. The average molecular weight is 417 g/mol. The fourth-order valence-corrected chi connectivity index (χ4v) is 6.78. The van der Waals surface area contributed by atoms with Crippen LogP contribution in [0.3, 0.4) is 0 Å². The molecule has 0 amide bonds. The Kier molecular flexibility index (Phi) is 4.42. The maximum atomic E-state index is 14.8. The predicted octanol–water partition coefficient (Wildman–Crippen LogP) is 4.82. The molecular weight excluding hydrogens is 401 g/mol. The highest BCUT2D eigenvalue weighted by Gasteiger charge is 2.59. The molecule has 0 spiro atoms. The van der Waals surface area contributed by atoms with Gasteiger partial charge in [0.2, 0.25) is 0 Å². The fraction of sp³-hybridized carbons (Fsp3) is 0.368. The zero-order valence-corrected chi connectivity index (χ0v) is 15.7. The molecule has 0 bridgehead atoms. The highest BCUT2D eigenvalue weighted by molar-refractivity contribution is 7.92. The van der Waals surface area contributed by atoms with Gasteiger partial charge in [-0.25, -0.2) is 21.6 Å². The Balaban J connectivity index is 2.02. The Morgan fingerprint density at radius 2 is 1.74 bits per heavy atom. The van der Waals surface area contributed by atoms with Gasteiger partial charge >= 0.3 is 0 Å². The molecule has 1 aliphatic heterocycles. The third-order valence-electron chi connectivity index (χ3n) is 5.54. The molecule has 0 radical (unpaired) electrons. The standard InChI is InChI=1S/C19H16ClF3O3S/c20-12-1-3-14(4-2-12)27(24,25)19-8-7-13(21)9-11(19)10-26-18-16(23)6-5-15(22)17(18)19/h1-6,11,13H,7-10H2/t11-,13+,19+/m1/s1. The van der Waals surface area contributed by atoms with E-state index in [1.165, 1.54) is 24.3 Å². The summed E-state index contributed by atoms with van der Waals surface area (Å²) < 4.78 is 74.2. The van der Waals surface area contributed by atoms with Crippen LogP contribution in [0.1, 0.15) is 24.8 Å². The van der Waals surface area contributed by atoms with Crippen LogP contribution in [0.25, 0.3) is 0 Å². The van der Waals surface area contributed by atoms with Gasteiger partial charge in [0.05, 0.1) is 17.1 Å². The molecular formula is C19H16ClF3O3S. The summed E-state index contributed by atoms with van der Waals surface area (Å²) >= 11 is 5.86. The van der Waals surface area contributed by atoms with E-state index in [1.54, 1.807) is 0 Å². The second-order valence-corrected chi connectivity index (χ2v) is 9.60. The van der Waals surface area contributed by atoms with Crippen molar-refractivity contribution in [3.8, 4) is 5.75 Å². The second-order valence-electron chi connectivity index (χ2n) is 6.96. The molecule has 2 aliphatic rings. The van der Waals surface area contributed by atoms with E-state index in [0.29, 0.717) is 5.02 Å². The number of fused-ring (bicyclic) bond motifs is 3. The lowest BCUT2D eigenvalue weighted by Gasteiger charge is -2.47. The Hall–Kier alpha value is -1.73. The van der Waals surface area contributed by atoms with Gasteiger partial charge in [0.15, 0.2) is 21.4 Å². The van der Waals surface area contributed by atoms with Gasteiger partial charge in [0.25, 0.3) is 0 Å². The molecule has 0 N–H and O–H groups in total. The fourth-order valence-electron chi connectivity index (χ4n) is 4.29. The van der Waals surface area contributed by atoms with Crippen LogP contribution in [0.15, 0.2) is 41.3 Å². The average Bonchev–Trinajstić information content (AvgIpc) is 2.64. The normalized spacial score (nSPS) is 27.4. The van der Waals surface area contributed by atoms with Crippen molar-refractivity contribution >= 4 is 21.4 Å². The lowest BCUT2D eigenvalue weighted by Crippen LogP contribution is -2.52. The molecule has 8 heteroatoms. The number of ether oxygens (including phenoxy) is 1. The van der Waals surface area contributed by atoms with Gasteiger partial charge in [0.1, 0.15) is 16.7 Å². The Labute approximate surface area is 160 Å². The van der Waals surface area contributed by atoms with E-state index >= 15 is 0 Å². The van der Waals surface area contributed by atoms with E-state index < -0.39 is 44.1 Å². The summed E-state index contributed by atoms with van der Waals surface area (Å²) in [6, 6.07) is 7.29. The van der Waals surface area contributed by atoms with Gasteiger partial charge in [0, 0.05) is 10.9 Å². The summed E-state index contributed by atoms with van der Waals surface area (Å²) in [6.07, 6.45) is -1.52. The number of hydrogen-bond acceptors (Lipinski definition) is 3. The SMILES string of the molecule is O=S(=O)(c1ccc(Cl)cc1)[C@@]12CC[C@H](F)C[C@@H]1COc1c(F)ccc(F)c12. The number of alkyl halides is 1. The smallest absolute Gasteiger partial charge is 0.188 e. The molecule has 0 aromatic heterocycles. The van der Waals surface area contributed by atoms with Crippen molar-refractivity contribution in [1.82, 2.24) is 0 Å². The minimum Gasteiger partial charge on any atom is -0.490 e. The van der Waals surface area contributed by atoms with Crippen LogP contribution < -0.4 is 4.74 Å². The topological polar surface area (TPSA) is 43.4 Å². The molecule has 2 aromatic carbocycles. The number of benzene rings is 2. The van der Waals surface area contributed by atoms with E-state index in [9.17, 15) is 21.6 Å². The third-order valence-corrected chi connectivity index (χ3v) is 8.39. The number of rotatable bonds is 2. The first-order valence-electron chi connectivity index (χ1n) is 8.53. The first-order valence-corrected chi connectivity index (χ1v) is 10.4. The zero-order chi connectivity index (χ0) is 19.4. The molecule has 2 aromatic rings. The maximum Gasteiger partial charge on any atom is 0.188 e. The zero-order valence-electron chi connectivity index (χ0n) is 14.1. The van der Waals surface area contributed by atoms with Crippen LogP contribution in [0.2, 0.25) is 5.02 Å². The quantitative estimate of drug-likeness (QED) is 0.705. The van der Waals surface area contributed by atoms with E-state index in [0.717, 1.165) is 12.1 Å². The lowest BCUT2D eigenvalue weighted by molar-refractivity contribution is 0.0818. The van der Waals surface area contributed by atoms with Crippen LogP contribution in [0.5, 0.6) is 5.75 Å². The van der Waals surface area contributed by atoms with E-state index in [-0.39, 0.29) is 36.3 Å². The van der Waals surface area contributed by atoms with Crippen LogP contribution in [-0.4, -0.2) is 21.2 Å². The number of hydrogen-bond donors (Lipinski definition) is 0. The number of sulfone groups is 1. The molecule has 144 valence electrons. The van der Waals surface area contributed by atoms with Gasteiger partial charge in [-0.15, -0.1) is 0 Å². The molecule has 1 saturated carbocycles. The summed E-state index contributed by atoms with van der Waals surface area (Å²) in [4.78, 5) is -0.0641. The lowest BCUT2D eigenvalue weighted by atomic mass is 9.72. The van der Waals surface area contributed by atoms with Crippen molar-refractivity contribution in [3.63, 3.8) is 0 Å². The predicted molar refractivity (Wildman–Crippen MR) is 94.4 cm³/mol. The first kappa shape index (κ1) is 18.6. The summed E-state index contributed by atoms with van der Waals surface area (Å²) in [5.41, 5.74) is -0.333. The second kappa shape index (κ2) is 6.41. The van der Waals surface area contributed by atoms with Crippen molar-refractivity contribution in [2.24, 2.45) is 5.92 Å². The molecule has 3 atom stereocenters. The summed E-state index contributed by atoms with van der Waals surface area (Å²) in [5, 5.41) is 0.347. The van der Waals surface area contributed by atoms with E-state index in [1.807, 2.05) is 0 Å². The largest absolute Gasteiger partial charge is 0.490 e. The van der Waals surface area contributed by atoms with Crippen molar-refractivity contribution < 1.29 is 26.3 Å².